The van der Waals surface area contributed by atoms with Crippen molar-refractivity contribution in [2.75, 3.05) is 13.6 Å². The summed E-state index contributed by atoms with van der Waals surface area (Å²) in [5.41, 5.74) is 2.63. The number of carbonyl (C=O) groups is 2. The standard InChI is InChI=1S/C22H26N4O3/c1-22(2,29)10-11-26-14-18-9-8-17(12-19(18)25-26)15-4-6-16(7-5-15)21(28)24-13-20(27)23-3/h4-9,12,14,29H,10-11,13H2,1-3H3,(H,23,27)(H,24,28). The third kappa shape index (κ3) is 5.42. The molecule has 0 aliphatic heterocycles. The van der Waals surface area contributed by atoms with Crippen molar-refractivity contribution in [2.45, 2.75) is 32.4 Å². The van der Waals surface area contributed by atoms with Crippen LogP contribution >= 0.6 is 0 Å². The Morgan fingerprint density at radius 3 is 2.45 bits per heavy atom. The second-order valence-electron chi connectivity index (χ2n) is 7.66. The molecule has 0 fully saturated rings. The summed E-state index contributed by atoms with van der Waals surface area (Å²) in [4.78, 5) is 23.3. The van der Waals surface area contributed by atoms with Crippen molar-refractivity contribution in [1.82, 2.24) is 20.4 Å². The first-order valence-electron chi connectivity index (χ1n) is 9.54. The van der Waals surface area contributed by atoms with E-state index in [4.69, 9.17) is 0 Å². The molecule has 0 atom stereocenters. The number of hydrogen-bond donors (Lipinski definition) is 3. The molecule has 7 heteroatoms. The molecule has 3 aromatic rings. The highest BCUT2D eigenvalue weighted by atomic mass is 16.3. The fourth-order valence-corrected chi connectivity index (χ4v) is 2.91. The summed E-state index contributed by atoms with van der Waals surface area (Å²) in [6.45, 7) is 4.17. The van der Waals surface area contributed by atoms with Crippen LogP contribution in [-0.4, -0.2) is 45.9 Å². The molecule has 7 nitrogen and oxygen atoms in total. The number of nitrogens with one attached hydrogen (secondary N) is 2. The van der Waals surface area contributed by atoms with E-state index in [1.807, 2.05) is 41.2 Å². The van der Waals surface area contributed by atoms with Crippen molar-refractivity contribution in [3.63, 3.8) is 0 Å². The van der Waals surface area contributed by atoms with E-state index in [0.717, 1.165) is 22.0 Å². The lowest BCUT2D eigenvalue weighted by atomic mass is 10.0. The topological polar surface area (TPSA) is 96.2 Å². The number of aromatic nitrogens is 2. The second kappa shape index (κ2) is 8.45. The number of aryl methyl sites for hydroxylation is 1. The van der Waals surface area contributed by atoms with E-state index in [2.05, 4.69) is 15.7 Å². The maximum atomic E-state index is 12.1. The molecule has 0 aliphatic carbocycles. The minimum atomic E-state index is -0.725. The van der Waals surface area contributed by atoms with Gasteiger partial charge in [-0.1, -0.05) is 24.3 Å². The van der Waals surface area contributed by atoms with E-state index in [1.165, 1.54) is 7.05 Å². The Kier molecular flexibility index (Phi) is 5.98. The van der Waals surface area contributed by atoms with Gasteiger partial charge in [-0.2, -0.15) is 5.10 Å². The number of hydrogen-bond acceptors (Lipinski definition) is 4. The van der Waals surface area contributed by atoms with Gasteiger partial charge in [0.2, 0.25) is 5.91 Å². The SMILES string of the molecule is CNC(=O)CNC(=O)c1ccc(-c2ccc3cn(CCC(C)(C)O)nc3c2)cc1. The van der Waals surface area contributed by atoms with Gasteiger partial charge in [0, 0.05) is 30.7 Å². The summed E-state index contributed by atoms with van der Waals surface area (Å²) in [7, 11) is 1.52. The molecule has 0 radical (unpaired) electrons. The average molecular weight is 394 g/mol. The zero-order valence-corrected chi connectivity index (χ0v) is 16.9. The van der Waals surface area contributed by atoms with Gasteiger partial charge in [-0.15, -0.1) is 0 Å². The van der Waals surface area contributed by atoms with E-state index in [9.17, 15) is 14.7 Å². The Bertz CT molecular complexity index is 1020. The van der Waals surface area contributed by atoms with Gasteiger partial charge in [-0.25, -0.2) is 0 Å². The number of likely N-dealkylation sites (N-methyl/N-ethyl adjacent to an activating group) is 1. The van der Waals surface area contributed by atoms with Crippen LogP contribution in [0.4, 0.5) is 0 Å². The molecular formula is C22H26N4O3. The molecule has 0 aliphatic rings. The molecule has 3 rings (SSSR count). The smallest absolute Gasteiger partial charge is 0.251 e. The van der Waals surface area contributed by atoms with Crippen molar-refractivity contribution in [3.8, 4) is 11.1 Å². The lowest BCUT2D eigenvalue weighted by Crippen LogP contribution is -2.35. The van der Waals surface area contributed by atoms with Crippen LogP contribution < -0.4 is 10.6 Å². The second-order valence-corrected chi connectivity index (χ2v) is 7.66. The molecule has 3 N–H and O–H groups in total. The first-order chi connectivity index (χ1) is 13.7. The highest BCUT2D eigenvalue weighted by molar-refractivity contribution is 5.97. The molecule has 152 valence electrons. The van der Waals surface area contributed by atoms with Crippen LogP contribution in [0.15, 0.2) is 48.7 Å². The van der Waals surface area contributed by atoms with Gasteiger partial charge in [0.05, 0.1) is 17.7 Å². The van der Waals surface area contributed by atoms with Gasteiger partial charge in [0.25, 0.3) is 5.91 Å². The van der Waals surface area contributed by atoms with Crippen LogP contribution in [0.5, 0.6) is 0 Å². The van der Waals surface area contributed by atoms with Crippen LogP contribution in [0.1, 0.15) is 30.6 Å². The van der Waals surface area contributed by atoms with Crippen LogP contribution in [0.2, 0.25) is 0 Å². The Labute approximate surface area is 169 Å². The van der Waals surface area contributed by atoms with Gasteiger partial charge in [0.15, 0.2) is 0 Å². The van der Waals surface area contributed by atoms with E-state index < -0.39 is 5.60 Å². The minimum Gasteiger partial charge on any atom is -0.390 e. The number of carbonyl (C=O) groups excluding carboxylic acids is 2. The fraction of sp³-hybridized carbons (Fsp3) is 0.318. The molecule has 0 spiro atoms. The number of rotatable bonds is 7. The highest BCUT2D eigenvalue weighted by Crippen LogP contribution is 2.24. The number of fused-ring (bicyclic) bond motifs is 1. The van der Waals surface area contributed by atoms with Gasteiger partial charge >= 0.3 is 0 Å². The van der Waals surface area contributed by atoms with Gasteiger partial charge < -0.3 is 15.7 Å². The summed E-state index contributed by atoms with van der Waals surface area (Å²) in [6.07, 6.45) is 2.60. The Morgan fingerprint density at radius 2 is 1.79 bits per heavy atom. The molecule has 0 bridgehead atoms. The van der Waals surface area contributed by atoms with E-state index in [-0.39, 0.29) is 18.4 Å². The Morgan fingerprint density at radius 1 is 1.10 bits per heavy atom. The molecule has 2 aromatic carbocycles. The van der Waals surface area contributed by atoms with Crippen molar-refractivity contribution >= 4 is 22.7 Å². The van der Waals surface area contributed by atoms with Crippen LogP contribution in [0, 0.1) is 0 Å². The molecule has 1 aromatic heterocycles. The summed E-state index contributed by atoms with van der Waals surface area (Å²) in [5.74, 6) is -0.536. The summed E-state index contributed by atoms with van der Waals surface area (Å²) in [5, 5.41) is 20.6. The molecular weight excluding hydrogens is 368 g/mol. The lowest BCUT2D eigenvalue weighted by Gasteiger charge is -2.16. The number of aliphatic hydroxyl groups is 1. The molecule has 0 saturated carbocycles. The van der Waals surface area contributed by atoms with E-state index in [1.54, 1.807) is 26.0 Å². The van der Waals surface area contributed by atoms with Crippen molar-refractivity contribution in [3.05, 3.63) is 54.2 Å². The number of nitrogens with zero attached hydrogens (tertiary/aromatic N) is 2. The predicted molar refractivity (Wildman–Crippen MR) is 112 cm³/mol. The molecule has 2 amide bonds. The lowest BCUT2D eigenvalue weighted by molar-refractivity contribution is -0.119. The van der Waals surface area contributed by atoms with Crippen LogP contribution in [-0.2, 0) is 11.3 Å². The van der Waals surface area contributed by atoms with E-state index >= 15 is 0 Å². The van der Waals surface area contributed by atoms with Gasteiger partial charge in [-0.3, -0.25) is 14.3 Å². The largest absolute Gasteiger partial charge is 0.390 e. The molecule has 1 heterocycles. The fourth-order valence-electron chi connectivity index (χ4n) is 2.91. The summed E-state index contributed by atoms with van der Waals surface area (Å²) < 4.78 is 1.85. The monoisotopic (exact) mass is 394 g/mol. The first kappa shape index (κ1) is 20.5. The Hall–Kier alpha value is -3.19. The zero-order valence-electron chi connectivity index (χ0n) is 16.9. The number of benzene rings is 2. The quantitative estimate of drug-likeness (QED) is 0.573. The van der Waals surface area contributed by atoms with Gasteiger partial charge in [0.1, 0.15) is 0 Å². The van der Waals surface area contributed by atoms with Crippen molar-refractivity contribution < 1.29 is 14.7 Å². The number of amides is 2. The minimum absolute atomic E-state index is 0.0517. The molecule has 29 heavy (non-hydrogen) atoms. The van der Waals surface area contributed by atoms with Crippen LogP contribution in [0.3, 0.4) is 0 Å². The maximum Gasteiger partial charge on any atom is 0.251 e. The maximum absolute atomic E-state index is 12.1. The normalized spacial score (nSPS) is 11.4. The van der Waals surface area contributed by atoms with Crippen LogP contribution in [0.25, 0.3) is 22.0 Å². The van der Waals surface area contributed by atoms with Crippen molar-refractivity contribution in [1.29, 1.82) is 0 Å². The summed E-state index contributed by atoms with van der Waals surface area (Å²) >= 11 is 0. The van der Waals surface area contributed by atoms with E-state index in [0.29, 0.717) is 18.5 Å². The van der Waals surface area contributed by atoms with Crippen molar-refractivity contribution in [2.24, 2.45) is 0 Å². The summed E-state index contributed by atoms with van der Waals surface area (Å²) in [6, 6.07) is 13.3. The highest BCUT2D eigenvalue weighted by Gasteiger charge is 2.13. The molecule has 0 unspecified atom stereocenters. The van der Waals surface area contributed by atoms with Gasteiger partial charge in [-0.05, 0) is 49.6 Å². The Balaban J connectivity index is 1.73. The molecule has 0 saturated heterocycles. The third-order valence-electron chi connectivity index (χ3n) is 4.68. The predicted octanol–water partition coefficient (Wildman–Crippen LogP) is 2.34. The third-order valence-corrected chi connectivity index (χ3v) is 4.68. The average Bonchev–Trinajstić information content (AvgIpc) is 3.12. The first-order valence-corrected chi connectivity index (χ1v) is 9.54. The zero-order chi connectivity index (χ0) is 21.0.